The van der Waals surface area contributed by atoms with Crippen molar-refractivity contribution in [1.29, 1.82) is 0 Å². The molecule has 39 heavy (non-hydrogen) atoms. The van der Waals surface area contributed by atoms with Gasteiger partial charge in [-0.15, -0.1) is 0 Å². The number of carbonyl (C=O) groups excluding carboxylic acids is 1. The molecule has 0 aliphatic rings. The summed E-state index contributed by atoms with van der Waals surface area (Å²) < 4.78 is 11.4. The van der Waals surface area contributed by atoms with Crippen LogP contribution in [0.5, 0.6) is 28.7 Å². The lowest BCUT2D eigenvalue weighted by Gasteiger charge is -2.15. The van der Waals surface area contributed by atoms with E-state index in [0.717, 1.165) is 38.4 Å². The fourth-order valence-corrected chi connectivity index (χ4v) is 4.48. The molecule has 0 saturated heterocycles. The number of benzene rings is 5. The van der Waals surface area contributed by atoms with E-state index in [1.807, 2.05) is 30.3 Å². The average molecular weight is 515 g/mol. The van der Waals surface area contributed by atoms with Crippen LogP contribution in [0, 0.1) is 0 Å². The highest BCUT2D eigenvalue weighted by atomic mass is 16.5. The second kappa shape index (κ2) is 10.2. The van der Waals surface area contributed by atoms with Crippen molar-refractivity contribution < 1.29 is 24.5 Å². The first kappa shape index (κ1) is 25.4. The monoisotopic (exact) mass is 514 g/mol. The Labute approximate surface area is 226 Å². The van der Waals surface area contributed by atoms with Crippen LogP contribution in [0.25, 0.3) is 44.8 Å². The third-order valence-corrected chi connectivity index (χ3v) is 6.40. The lowest BCUT2D eigenvalue weighted by molar-refractivity contribution is -0.130. The fraction of sp³-hybridized carbons (Fsp3) is 0.0294. The first-order chi connectivity index (χ1) is 18.7. The van der Waals surface area contributed by atoms with Gasteiger partial charge in [0.2, 0.25) is 0 Å². The van der Waals surface area contributed by atoms with Gasteiger partial charge >= 0.3 is 5.97 Å². The smallest absolute Gasteiger partial charge is 0.338 e. The van der Waals surface area contributed by atoms with E-state index < -0.39 is 5.97 Å². The minimum Gasteiger partial charge on any atom is -0.508 e. The van der Waals surface area contributed by atoms with Crippen molar-refractivity contribution in [3.05, 3.63) is 115 Å². The number of phenolic OH excluding ortho intramolecular Hbond substituents is 2. The van der Waals surface area contributed by atoms with E-state index >= 15 is 0 Å². The van der Waals surface area contributed by atoms with Gasteiger partial charge in [0.15, 0.2) is 0 Å². The second-order valence-electron chi connectivity index (χ2n) is 9.23. The van der Waals surface area contributed by atoms with Gasteiger partial charge in [-0.3, -0.25) is 0 Å². The van der Waals surface area contributed by atoms with Crippen LogP contribution < -0.4 is 9.47 Å². The van der Waals surface area contributed by atoms with Gasteiger partial charge < -0.3 is 19.7 Å². The predicted octanol–water partition coefficient (Wildman–Crippen LogP) is 8.63. The molecule has 0 aliphatic heterocycles. The van der Waals surface area contributed by atoms with Gasteiger partial charge in [0.25, 0.3) is 0 Å². The zero-order valence-electron chi connectivity index (χ0n) is 21.4. The molecule has 0 saturated carbocycles. The number of ether oxygens (including phenoxy) is 2. The Morgan fingerprint density at radius 3 is 2.28 bits per heavy atom. The van der Waals surface area contributed by atoms with Gasteiger partial charge in [-0.25, -0.2) is 4.79 Å². The zero-order chi connectivity index (χ0) is 27.7. The third kappa shape index (κ3) is 5.11. The highest BCUT2D eigenvalue weighted by molar-refractivity contribution is 6.01. The topological polar surface area (TPSA) is 76.0 Å². The Kier molecular flexibility index (Phi) is 6.65. The molecule has 5 aromatic rings. The van der Waals surface area contributed by atoms with E-state index in [2.05, 4.69) is 19.7 Å². The minimum absolute atomic E-state index is 0.0752. The van der Waals surface area contributed by atoms with E-state index in [0.29, 0.717) is 28.2 Å². The number of aromatic hydroxyl groups is 2. The molecule has 2 N–H and O–H groups in total. The van der Waals surface area contributed by atoms with Crippen molar-refractivity contribution in [3.63, 3.8) is 0 Å². The molecule has 5 nitrogen and oxygen atoms in total. The number of carbonyl (C=O) groups is 1. The quantitative estimate of drug-likeness (QED) is 0.129. The molecule has 5 rings (SSSR count). The maximum Gasteiger partial charge on any atom is 0.338 e. The molecule has 0 unspecified atom stereocenters. The number of hydrogen-bond donors (Lipinski definition) is 2. The van der Waals surface area contributed by atoms with E-state index in [-0.39, 0.29) is 11.5 Å². The number of phenols is 2. The Morgan fingerprint density at radius 1 is 0.769 bits per heavy atom. The Morgan fingerprint density at radius 2 is 1.54 bits per heavy atom. The third-order valence-electron chi connectivity index (χ3n) is 6.40. The number of rotatable bonds is 7. The molecule has 0 bridgehead atoms. The van der Waals surface area contributed by atoms with Crippen molar-refractivity contribution in [2.24, 2.45) is 0 Å². The van der Waals surface area contributed by atoms with Gasteiger partial charge in [-0.2, -0.15) is 0 Å². The van der Waals surface area contributed by atoms with E-state index in [9.17, 15) is 15.0 Å². The predicted molar refractivity (Wildman–Crippen MR) is 157 cm³/mol. The van der Waals surface area contributed by atoms with Gasteiger partial charge in [-0.05, 0) is 106 Å². The summed E-state index contributed by atoms with van der Waals surface area (Å²) in [5.41, 5.74) is 3.63. The first-order valence-electron chi connectivity index (χ1n) is 12.2. The maximum atomic E-state index is 11.9. The molecule has 0 aromatic heterocycles. The summed E-state index contributed by atoms with van der Waals surface area (Å²) in [5, 5.41) is 24.3. The van der Waals surface area contributed by atoms with E-state index in [1.54, 1.807) is 67.6 Å². The Balaban J connectivity index is 1.56. The van der Waals surface area contributed by atoms with Crippen molar-refractivity contribution >= 4 is 39.7 Å². The van der Waals surface area contributed by atoms with Crippen LogP contribution in [0.4, 0.5) is 0 Å². The van der Waals surface area contributed by atoms with Crippen LogP contribution >= 0.6 is 0 Å². The second-order valence-corrected chi connectivity index (χ2v) is 9.23. The van der Waals surface area contributed by atoms with Gasteiger partial charge in [0, 0.05) is 17.0 Å². The molecule has 5 heteroatoms. The molecule has 0 radical (unpaired) electrons. The molecular formula is C34H26O5. The molecule has 0 spiro atoms. The van der Waals surface area contributed by atoms with Gasteiger partial charge in [0.1, 0.15) is 28.7 Å². The average Bonchev–Trinajstić information content (AvgIpc) is 2.92. The highest BCUT2D eigenvalue weighted by Crippen LogP contribution is 2.40. The summed E-state index contributed by atoms with van der Waals surface area (Å²) in [4.78, 5) is 11.9. The lowest BCUT2D eigenvalue weighted by atomic mass is 9.92. The largest absolute Gasteiger partial charge is 0.508 e. The number of hydrogen-bond acceptors (Lipinski definition) is 5. The standard InChI is InChI=1S/C34H26O5/c1-5-21-12-23-10-11-26(35)13-24(23)15-30(21)25-16-31-22(6-2)14-29(19-32(31)33(36)17-25)38-27-8-7-9-28(18-27)39-34(37)20(3)4/h5-19,35-36H,1-3H2,4H3. The van der Waals surface area contributed by atoms with Crippen molar-refractivity contribution in [3.8, 4) is 39.9 Å². The van der Waals surface area contributed by atoms with Crippen LogP contribution in [-0.4, -0.2) is 16.2 Å². The number of fused-ring (bicyclic) bond motifs is 2. The highest BCUT2D eigenvalue weighted by Gasteiger charge is 2.14. The molecule has 0 aliphatic carbocycles. The zero-order valence-corrected chi connectivity index (χ0v) is 21.4. The van der Waals surface area contributed by atoms with Crippen LogP contribution in [0.2, 0.25) is 0 Å². The maximum absolute atomic E-state index is 11.9. The van der Waals surface area contributed by atoms with Crippen LogP contribution in [0.15, 0.2) is 104 Å². The molecule has 0 amide bonds. The summed E-state index contributed by atoms with van der Waals surface area (Å²) in [6, 6.07) is 23.2. The van der Waals surface area contributed by atoms with Crippen molar-refractivity contribution in [1.82, 2.24) is 0 Å². The Hall–Kier alpha value is -5.29. The lowest BCUT2D eigenvalue weighted by Crippen LogP contribution is -2.08. The van der Waals surface area contributed by atoms with Gasteiger partial charge in [-0.1, -0.05) is 44.0 Å². The van der Waals surface area contributed by atoms with Crippen LogP contribution in [0.1, 0.15) is 18.1 Å². The minimum atomic E-state index is -0.518. The summed E-state index contributed by atoms with van der Waals surface area (Å²) in [6.07, 6.45) is 3.48. The summed E-state index contributed by atoms with van der Waals surface area (Å²) in [5.74, 6) is 1.02. The summed E-state index contributed by atoms with van der Waals surface area (Å²) in [7, 11) is 0. The van der Waals surface area contributed by atoms with E-state index in [4.69, 9.17) is 9.47 Å². The summed E-state index contributed by atoms with van der Waals surface area (Å²) >= 11 is 0. The van der Waals surface area contributed by atoms with Crippen LogP contribution in [-0.2, 0) is 4.79 Å². The number of esters is 1. The molecular weight excluding hydrogens is 488 g/mol. The molecule has 0 heterocycles. The SMILES string of the molecule is C=Cc1cc2ccc(O)cc2cc1-c1cc(O)c2cc(Oc3cccc(OC(=O)C(=C)C)c3)cc(C=C)c2c1. The fourth-order valence-electron chi connectivity index (χ4n) is 4.48. The normalized spacial score (nSPS) is 10.8. The molecule has 0 atom stereocenters. The van der Waals surface area contributed by atoms with Crippen molar-refractivity contribution in [2.45, 2.75) is 6.92 Å². The molecule has 0 fully saturated rings. The van der Waals surface area contributed by atoms with Gasteiger partial charge in [0.05, 0.1) is 0 Å². The van der Waals surface area contributed by atoms with E-state index in [1.165, 1.54) is 0 Å². The molecule has 192 valence electrons. The molecule has 5 aromatic carbocycles. The van der Waals surface area contributed by atoms with Crippen molar-refractivity contribution in [2.75, 3.05) is 0 Å². The van der Waals surface area contributed by atoms with Crippen LogP contribution in [0.3, 0.4) is 0 Å². The summed E-state index contributed by atoms with van der Waals surface area (Å²) in [6.45, 7) is 13.1. The first-order valence-corrected chi connectivity index (χ1v) is 12.2. The Bertz CT molecular complexity index is 1810.